The van der Waals surface area contributed by atoms with Crippen LogP contribution in [-0.4, -0.2) is 54.3 Å². The number of nitrogens with one attached hydrogen (secondary N) is 1. The molecule has 6 rings (SSSR count). The molecule has 0 spiro atoms. The van der Waals surface area contributed by atoms with E-state index >= 15 is 0 Å². The normalized spacial score (nSPS) is 21.1. The Bertz CT molecular complexity index is 1710. The Morgan fingerprint density at radius 3 is 2.44 bits per heavy atom. The summed E-state index contributed by atoms with van der Waals surface area (Å²) in [5, 5.41) is 8.36. The number of ketones is 1. The standard InChI is InChI=1S/C32H34N6O3/c1-18-8-6-7-9-22(18)14-35-31(41)26-12-32(5)13-27(32)38(26)28(40)17-37-30-19(2)10-23(24-15-33-21(4)34-16-24)11-25(30)29(36-37)20(3)39/h6-11,15-16,26-27H,12-14,17H2,1-5H3,(H,35,41)/t26-,27?,32-/m0/s1. The molecule has 2 aromatic heterocycles. The highest BCUT2D eigenvalue weighted by Crippen LogP contribution is 2.59. The van der Waals surface area contributed by atoms with Gasteiger partial charge in [-0.25, -0.2) is 9.97 Å². The highest BCUT2D eigenvalue weighted by molar-refractivity contribution is 6.07. The molecule has 1 aliphatic carbocycles. The van der Waals surface area contributed by atoms with E-state index in [1.165, 1.54) is 6.92 Å². The molecule has 3 atom stereocenters. The summed E-state index contributed by atoms with van der Waals surface area (Å²) in [7, 11) is 0. The van der Waals surface area contributed by atoms with Gasteiger partial charge in [0.05, 0.1) is 5.52 Å². The Morgan fingerprint density at radius 2 is 1.73 bits per heavy atom. The summed E-state index contributed by atoms with van der Waals surface area (Å²) in [4.78, 5) is 50.2. The lowest BCUT2D eigenvalue weighted by Gasteiger charge is -2.27. The van der Waals surface area contributed by atoms with Crippen LogP contribution in [0.4, 0.5) is 0 Å². The largest absolute Gasteiger partial charge is 0.350 e. The van der Waals surface area contributed by atoms with E-state index in [1.807, 2.05) is 57.2 Å². The van der Waals surface area contributed by atoms with Crippen molar-refractivity contribution in [3.05, 3.63) is 77.0 Å². The Morgan fingerprint density at radius 1 is 1.00 bits per heavy atom. The summed E-state index contributed by atoms with van der Waals surface area (Å²) < 4.78 is 1.62. The highest BCUT2D eigenvalue weighted by Gasteiger charge is 2.64. The number of amides is 2. The summed E-state index contributed by atoms with van der Waals surface area (Å²) in [6, 6.07) is 11.4. The van der Waals surface area contributed by atoms with Crippen LogP contribution in [0.1, 0.15) is 59.7 Å². The van der Waals surface area contributed by atoms with Crippen LogP contribution in [0, 0.1) is 26.2 Å². The van der Waals surface area contributed by atoms with Gasteiger partial charge in [0.1, 0.15) is 24.1 Å². The molecule has 210 valence electrons. The number of likely N-dealkylation sites (tertiary alicyclic amines) is 1. The van der Waals surface area contributed by atoms with Gasteiger partial charge in [0.2, 0.25) is 11.8 Å². The zero-order valence-electron chi connectivity index (χ0n) is 24.1. The molecular weight excluding hydrogens is 516 g/mol. The number of hydrogen-bond donors (Lipinski definition) is 1. The van der Waals surface area contributed by atoms with Crippen LogP contribution in [0.3, 0.4) is 0 Å². The third-order valence-corrected chi connectivity index (χ3v) is 8.71. The molecule has 2 amide bonds. The molecule has 1 saturated heterocycles. The lowest BCUT2D eigenvalue weighted by atomic mass is 10.0. The topological polar surface area (TPSA) is 110 Å². The monoisotopic (exact) mass is 550 g/mol. The number of nitrogens with zero attached hydrogens (tertiary/aromatic N) is 5. The second-order valence-corrected chi connectivity index (χ2v) is 11.8. The molecule has 1 N–H and O–H groups in total. The third kappa shape index (κ3) is 4.79. The summed E-state index contributed by atoms with van der Waals surface area (Å²) in [5.74, 6) is 0.202. The zero-order chi connectivity index (χ0) is 29.1. The van der Waals surface area contributed by atoms with Crippen molar-refractivity contribution in [1.82, 2.24) is 30.0 Å². The maximum atomic E-state index is 13.9. The molecule has 1 aliphatic heterocycles. The van der Waals surface area contributed by atoms with Gasteiger partial charge in [-0.15, -0.1) is 0 Å². The first-order valence-electron chi connectivity index (χ1n) is 14.0. The minimum absolute atomic E-state index is 0.0348. The van der Waals surface area contributed by atoms with Crippen LogP contribution in [-0.2, 0) is 22.7 Å². The second-order valence-electron chi connectivity index (χ2n) is 11.8. The number of piperidine rings is 1. The van der Waals surface area contributed by atoms with E-state index in [9.17, 15) is 14.4 Å². The Hall–Kier alpha value is -4.40. The van der Waals surface area contributed by atoms with Crippen LogP contribution < -0.4 is 5.32 Å². The van der Waals surface area contributed by atoms with Crippen LogP contribution >= 0.6 is 0 Å². The van der Waals surface area contributed by atoms with Crippen LogP contribution in [0.25, 0.3) is 22.0 Å². The van der Waals surface area contributed by atoms with Crippen molar-refractivity contribution in [2.75, 3.05) is 0 Å². The number of benzene rings is 2. The highest BCUT2D eigenvalue weighted by atomic mass is 16.2. The van der Waals surface area contributed by atoms with E-state index in [1.54, 1.807) is 22.0 Å². The minimum atomic E-state index is -0.529. The summed E-state index contributed by atoms with van der Waals surface area (Å²) in [6.45, 7) is 9.79. The van der Waals surface area contributed by atoms with Gasteiger partial charge in [-0.1, -0.05) is 31.2 Å². The molecule has 0 bridgehead atoms. The van der Waals surface area contributed by atoms with Crippen molar-refractivity contribution in [2.24, 2.45) is 5.41 Å². The SMILES string of the molecule is CC(=O)c1nn(CC(=O)N2C3C[C@]3(C)C[C@H]2C(=O)NCc2ccccc2C)c2c(C)cc(-c3cnc(C)nc3)cc12. The lowest BCUT2D eigenvalue weighted by molar-refractivity contribution is -0.140. The molecule has 9 heteroatoms. The fraction of sp³-hybridized carbons (Fsp3) is 0.375. The first-order chi connectivity index (χ1) is 19.6. The Balaban J connectivity index is 1.28. The second kappa shape index (κ2) is 9.90. The first kappa shape index (κ1) is 26.8. The van der Waals surface area contributed by atoms with Gasteiger partial charge >= 0.3 is 0 Å². The van der Waals surface area contributed by atoms with E-state index in [4.69, 9.17) is 0 Å². The summed E-state index contributed by atoms with van der Waals surface area (Å²) in [6.07, 6.45) is 5.05. The van der Waals surface area contributed by atoms with Crippen molar-refractivity contribution in [1.29, 1.82) is 0 Å². The van der Waals surface area contributed by atoms with Crippen molar-refractivity contribution >= 4 is 28.5 Å². The van der Waals surface area contributed by atoms with E-state index in [2.05, 4.69) is 27.3 Å². The van der Waals surface area contributed by atoms with Crippen LogP contribution in [0.2, 0.25) is 0 Å². The van der Waals surface area contributed by atoms with Gasteiger partial charge in [-0.05, 0) is 73.4 Å². The van der Waals surface area contributed by atoms with Crippen molar-refractivity contribution in [3.63, 3.8) is 0 Å². The fourth-order valence-electron chi connectivity index (χ4n) is 6.29. The van der Waals surface area contributed by atoms with Crippen molar-refractivity contribution in [3.8, 4) is 11.1 Å². The van der Waals surface area contributed by atoms with Crippen LogP contribution in [0.5, 0.6) is 0 Å². The van der Waals surface area contributed by atoms with Gasteiger partial charge < -0.3 is 10.2 Å². The molecule has 0 radical (unpaired) electrons. The first-order valence-corrected chi connectivity index (χ1v) is 14.0. The molecule has 2 aliphatic rings. The van der Waals surface area contributed by atoms with Crippen LogP contribution in [0.15, 0.2) is 48.8 Å². The van der Waals surface area contributed by atoms with E-state index in [-0.39, 0.29) is 35.6 Å². The average molecular weight is 551 g/mol. The number of aryl methyl sites for hydroxylation is 3. The number of carbonyl (C=O) groups is 3. The lowest BCUT2D eigenvalue weighted by Crippen LogP contribution is -2.48. The third-order valence-electron chi connectivity index (χ3n) is 8.71. The molecule has 1 saturated carbocycles. The molecular formula is C32H34N6O3. The Labute approximate surface area is 239 Å². The van der Waals surface area contributed by atoms with Gasteiger partial charge in [-0.3, -0.25) is 19.1 Å². The predicted octanol–water partition coefficient (Wildman–Crippen LogP) is 4.32. The summed E-state index contributed by atoms with van der Waals surface area (Å²) >= 11 is 0. The van der Waals surface area contributed by atoms with Crippen molar-refractivity contribution in [2.45, 2.75) is 72.6 Å². The maximum absolute atomic E-state index is 13.9. The number of aromatic nitrogens is 4. The Kier molecular flexibility index (Phi) is 6.47. The van der Waals surface area contributed by atoms with Gasteiger partial charge in [0.25, 0.3) is 0 Å². The zero-order valence-corrected chi connectivity index (χ0v) is 24.1. The number of Topliss-reactive ketones (excluding diaryl/α,β-unsaturated/α-hetero) is 1. The predicted molar refractivity (Wildman–Crippen MR) is 155 cm³/mol. The van der Waals surface area contributed by atoms with Gasteiger partial charge in [-0.2, -0.15) is 5.10 Å². The molecule has 3 heterocycles. The van der Waals surface area contributed by atoms with Crippen molar-refractivity contribution < 1.29 is 14.4 Å². The summed E-state index contributed by atoms with van der Waals surface area (Å²) in [5.41, 5.74) is 5.77. The average Bonchev–Trinajstić information content (AvgIpc) is 3.29. The molecule has 2 fully saturated rings. The molecule has 4 aromatic rings. The fourth-order valence-corrected chi connectivity index (χ4v) is 6.29. The van der Waals surface area contributed by atoms with Gasteiger partial charge in [0, 0.05) is 42.9 Å². The van der Waals surface area contributed by atoms with E-state index in [0.29, 0.717) is 29.9 Å². The van der Waals surface area contributed by atoms with E-state index < -0.39 is 6.04 Å². The quantitative estimate of drug-likeness (QED) is 0.343. The number of fused-ring (bicyclic) bond motifs is 2. The number of carbonyl (C=O) groups excluding carboxylic acids is 3. The maximum Gasteiger partial charge on any atom is 0.245 e. The molecule has 9 nitrogen and oxygen atoms in total. The molecule has 2 aromatic carbocycles. The number of hydrogen-bond acceptors (Lipinski definition) is 6. The number of rotatable bonds is 7. The minimum Gasteiger partial charge on any atom is -0.350 e. The van der Waals surface area contributed by atoms with Gasteiger partial charge in [0.15, 0.2) is 5.78 Å². The smallest absolute Gasteiger partial charge is 0.245 e. The molecule has 41 heavy (non-hydrogen) atoms. The molecule has 1 unspecified atom stereocenters. The van der Waals surface area contributed by atoms with E-state index in [0.717, 1.165) is 39.8 Å².